The molecule has 0 unspecified atom stereocenters. The van der Waals surface area contributed by atoms with E-state index in [1.54, 1.807) is 13.3 Å². The van der Waals surface area contributed by atoms with Crippen LogP contribution in [0.5, 0.6) is 5.75 Å². The molecule has 0 saturated carbocycles. The number of amides is 1. The first-order valence-corrected chi connectivity index (χ1v) is 8.10. The minimum atomic E-state index is -0.0687. The summed E-state index contributed by atoms with van der Waals surface area (Å²) in [4.78, 5) is 18.5. The van der Waals surface area contributed by atoms with Gasteiger partial charge in [0.05, 0.1) is 13.7 Å². The lowest BCUT2D eigenvalue weighted by molar-refractivity contribution is -0.117. The number of pyridine rings is 1. The molecule has 0 radical (unpaired) electrons. The molecule has 5 heteroatoms. The second-order valence-corrected chi connectivity index (χ2v) is 5.88. The number of nitrogens with one attached hydrogen (secondary N) is 1. The maximum Gasteiger partial charge on any atom is 0.239 e. The summed E-state index contributed by atoms with van der Waals surface area (Å²) < 4.78 is 5.20. The van der Waals surface area contributed by atoms with Crippen molar-refractivity contribution in [3.05, 3.63) is 53.7 Å². The number of carbonyl (C=O) groups is 1. The predicted octanol–water partition coefficient (Wildman–Crippen LogP) is 3.42. The van der Waals surface area contributed by atoms with Crippen molar-refractivity contribution in [1.29, 1.82) is 0 Å². The van der Waals surface area contributed by atoms with Gasteiger partial charge in [0.1, 0.15) is 11.6 Å². The summed E-state index contributed by atoms with van der Waals surface area (Å²) in [6, 6.07) is 11.9. The van der Waals surface area contributed by atoms with Crippen molar-refractivity contribution in [1.82, 2.24) is 9.88 Å². The number of methoxy groups -OCH3 is 1. The van der Waals surface area contributed by atoms with Crippen molar-refractivity contribution in [3.63, 3.8) is 0 Å². The largest absolute Gasteiger partial charge is 0.497 e. The Bertz CT molecular complexity index is 653. The van der Waals surface area contributed by atoms with Gasteiger partial charge < -0.3 is 10.1 Å². The molecule has 0 saturated heterocycles. The Labute approximate surface area is 143 Å². The highest BCUT2D eigenvalue weighted by Crippen LogP contribution is 2.24. The van der Waals surface area contributed by atoms with Crippen LogP contribution in [-0.4, -0.2) is 36.5 Å². The highest BCUT2D eigenvalue weighted by molar-refractivity contribution is 5.91. The maximum absolute atomic E-state index is 12.2. The van der Waals surface area contributed by atoms with E-state index >= 15 is 0 Å². The van der Waals surface area contributed by atoms with E-state index in [0.717, 1.165) is 17.7 Å². The molecule has 1 N–H and O–H groups in total. The molecule has 5 nitrogen and oxygen atoms in total. The van der Waals surface area contributed by atoms with Crippen LogP contribution in [0.2, 0.25) is 0 Å². The van der Waals surface area contributed by atoms with Crippen LogP contribution < -0.4 is 10.1 Å². The third kappa shape index (κ3) is 4.80. The highest BCUT2D eigenvalue weighted by Gasteiger charge is 2.18. The fourth-order valence-corrected chi connectivity index (χ4v) is 2.69. The van der Waals surface area contributed by atoms with E-state index in [1.807, 2.05) is 55.3 Å². The average molecular weight is 327 g/mol. The Morgan fingerprint density at radius 2 is 1.96 bits per heavy atom. The standard InChI is InChI=1S/C19H25N3O2/c1-5-17(15-7-9-16(24-4)10-8-15)22(3)13-19(23)21-18-11-6-14(2)12-20-18/h6-12,17H,5,13H2,1-4H3,(H,20,21,23)/t17-/m1/s1. The SMILES string of the molecule is CC[C@H](c1ccc(OC)cc1)N(C)CC(=O)Nc1ccc(C)cn1. The third-order valence-corrected chi connectivity index (χ3v) is 3.99. The average Bonchev–Trinajstić information content (AvgIpc) is 2.58. The fourth-order valence-electron chi connectivity index (χ4n) is 2.69. The predicted molar refractivity (Wildman–Crippen MR) is 96.3 cm³/mol. The first-order valence-electron chi connectivity index (χ1n) is 8.10. The van der Waals surface area contributed by atoms with Gasteiger partial charge in [0.25, 0.3) is 0 Å². The number of nitrogens with zero attached hydrogens (tertiary/aromatic N) is 2. The zero-order valence-electron chi connectivity index (χ0n) is 14.7. The number of carbonyl (C=O) groups excluding carboxylic acids is 1. The van der Waals surface area contributed by atoms with Crippen molar-refractivity contribution in [2.24, 2.45) is 0 Å². The minimum Gasteiger partial charge on any atom is -0.497 e. The topological polar surface area (TPSA) is 54.5 Å². The van der Waals surface area contributed by atoms with Crippen LogP contribution in [0.15, 0.2) is 42.6 Å². The normalized spacial score (nSPS) is 12.0. The number of aryl methyl sites for hydroxylation is 1. The molecule has 2 rings (SSSR count). The Hall–Kier alpha value is -2.40. The number of anilines is 1. The molecule has 1 aromatic heterocycles. The number of ether oxygens (including phenoxy) is 1. The van der Waals surface area contributed by atoms with Crippen molar-refractivity contribution < 1.29 is 9.53 Å². The maximum atomic E-state index is 12.2. The van der Waals surface area contributed by atoms with Crippen LogP contribution >= 0.6 is 0 Å². The molecular weight excluding hydrogens is 302 g/mol. The molecule has 0 bridgehead atoms. The van der Waals surface area contributed by atoms with Crippen LogP contribution in [0.4, 0.5) is 5.82 Å². The molecule has 0 aliphatic heterocycles. The first kappa shape index (κ1) is 17.9. The zero-order chi connectivity index (χ0) is 17.5. The number of hydrogen-bond donors (Lipinski definition) is 1. The van der Waals surface area contributed by atoms with Gasteiger partial charge in [0, 0.05) is 12.2 Å². The van der Waals surface area contributed by atoms with E-state index in [4.69, 9.17) is 4.74 Å². The molecule has 0 fully saturated rings. The second kappa shape index (κ2) is 8.45. The van der Waals surface area contributed by atoms with Gasteiger partial charge >= 0.3 is 0 Å². The molecule has 128 valence electrons. The third-order valence-electron chi connectivity index (χ3n) is 3.99. The Balaban J connectivity index is 1.98. The van der Waals surface area contributed by atoms with E-state index in [2.05, 4.69) is 17.2 Å². The zero-order valence-corrected chi connectivity index (χ0v) is 14.7. The number of hydrogen-bond acceptors (Lipinski definition) is 4. The Morgan fingerprint density at radius 3 is 2.50 bits per heavy atom. The Morgan fingerprint density at radius 1 is 1.25 bits per heavy atom. The van der Waals surface area contributed by atoms with Gasteiger partial charge in [-0.1, -0.05) is 25.1 Å². The monoisotopic (exact) mass is 327 g/mol. The van der Waals surface area contributed by atoms with Gasteiger partial charge in [0.2, 0.25) is 5.91 Å². The summed E-state index contributed by atoms with van der Waals surface area (Å²) in [6.07, 6.45) is 2.66. The van der Waals surface area contributed by atoms with Gasteiger partial charge in [-0.15, -0.1) is 0 Å². The molecule has 0 aliphatic rings. The molecule has 1 heterocycles. The summed E-state index contributed by atoms with van der Waals surface area (Å²) in [6.45, 7) is 4.39. The molecule has 1 amide bonds. The van der Waals surface area contributed by atoms with Crippen molar-refractivity contribution in [2.45, 2.75) is 26.3 Å². The number of benzene rings is 1. The molecule has 0 spiro atoms. The van der Waals surface area contributed by atoms with E-state index in [0.29, 0.717) is 12.4 Å². The molecule has 0 aliphatic carbocycles. The van der Waals surface area contributed by atoms with Crippen molar-refractivity contribution in [2.75, 3.05) is 26.0 Å². The Kier molecular flexibility index (Phi) is 6.32. The number of likely N-dealkylation sites (N-methyl/N-ethyl adjacent to an activating group) is 1. The lowest BCUT2D eigenvalue weighted by Gasteiger charge is -2.27. The molecule has 1 aromatic carbocycles. The first-order chi connectivity index (χ1) is 11.5. The molecule has 2 aromatic rings. The van der Waals surface area contributed by atoms with Crippen molar-refractivity contribution in [3.8, 4) is 5.75 Å². The molecule has 24 heavy (non-hydrogen) atoms. The van der Waals surface area contributed by atoms with E-state index in [-0.39, 0.29) is 11.9 Å². The smallest absolute Gasteiger partial charge is 0.239 e. The summed E-state index contributed by atoms with van der Waals surface area (Å²) in [5, 5.41) is 2.84. The lowest BCUT2D eigenvalue weighted by Crippen LogP contribution is -2.33. The quantitative estimate of drug-likeness (QED) is 0.846. The van der Waals surface area contributed by atoms with Crippen LogP contribution in [-0.2, 0) is 4.79 Å². The second-order valence-electron chi connectivity index (χ2n) is 5.88. The van der Waals surface area contributed by atoms with Crippen LogP contribution in [0.25, 0.3) is 0 Å². The summed E-state index contributed by atoms with van der Waals surface area (Å²) in [5.41, 5.74) is 2.23. The van der Waals surface area contributed by atoms with Crippen LogP contribution in [0.3, 0.4) is 0 Å². The van der Waals surface area contributed by atoms with Gasteiger partial charge in [-0.2, -0.15) is 0 Å². The summed E-state index contributed by atoms with van der Waals surface area (Å²) in [7, 11) is 3.61. The van der Waals surface area contributed by atoms with Crippen LogP contribution in [0.1, 0.15) is 30.5 Å². The van der Waals surface area contributed by atoms with Crippen molar-refractivity contribution >= 4 is 11.7 Å². The van der Waals surface area contributed by atoms with Gasteiger partial charge in [0.15, 0.2) is 0 Å². The number of rotatable bonds is 7. The van der Waals surface area contributed by atoms with E-state index in [1.165, 1.54) is 5.56 Å². The van der Waals surface area contributed by atoms with Crippen LogP contribution in [0, 0.1) is 6.92 Å². The minimum absolute atomic E-state index is 0.0687. The van der Waals surface area contributed by atoms with E-state index in [9.17, 15) is 4.79 Å². The van der Waals surface area contributed by atoms with Gasteiger partial charge in [-0.25, -0.2) is 4.98 Å². The highest BCUT2D eigenvalue weighted by atomic mass is 16.5. The summed E-state index contributed by atoms with van der Waals surface area (Å²) in [5.74, 6) is 1.34. The van der Waals surface area contributed by atoms with Gasteiger partial charge in [-0.3, -0.25) is 9.69 Å². The lowest BCUT2D eigenvalue weighted by atomic mass is 10.0. The molecule has 1 atom stereocenters. The summed E-state index contributed by atoms with van der Waals surface area (Å²) >= 11 is 0. The van der Waals surface area contributed by atoms with Gasteiger partial charge in [-0.05, 0) is 49.7 Å². The molecular formula is C19H25N3O2. The van der Waals surface area contributed by atoms with E-state index < -0.39 is 0 Å². The number of aromatic nitrogens is 1. The fraction of sp³-hybridized carbons (Fsp3) is 0.368.